The van der Waals surface area contributed by atoms with Crippen molar-refractivity contribution in [3.05, 3.63) is 87.9 Å². The number of aromatic nitrogens is 2. The van der Waals surface area contributed by atoms with E-state index in [2.05, 4.69) is 15.3 Å². The Balaban J connectivity index is 1.50. The van der Waals surface area contributed by atoms with E-state index in [1.54, 1.807) is 6.20 Å². The Kier molecular flexibility index (Phi) is 5.50. The van der Waals surface area contributed by atoms with E-state index in [0.717, 1.165) is 27.7 Å². The average molecular weight is 391 g/mol. The van der Waals surface area contributed by atoms with Gasteiger partial charge in [0.25, 0.3) is 5.91 Å². The molecule has 0 aliphatic rings. The van der Waals surface area contributed by atoms with Crippen LogP contribution in [-0.4, -0.2) is 33.6 Å². The first-order chi connectivity index (χ1) is 13.7. The number of hydrogen-bond acceptors (Lipinski definition) is 4. The first-order valence-corrected chi connectivity index (χ1v) is 10.1. The molecule has 0 spiro atoms. The Hall–Kier alpha value is -2.96. The molecular formula is C22H21N3O2S. The van der Waals surface area contributed by atoms with E-state index in [1.165, 1.54) is 11.3 Å². The van der Waals surface area contributed by atoms with E-state index in [1.807, 2.05) is 60.1 Å². The summed E-state index contributed by atoms with van der Waals surface area (Å²) in [5.74, 6) is -0.139. The highest BCUT2D eigenvalue weighted by atomic mass is 32.1. The van der Waals surface area contributed by atoms with Crippen molar-refractivity contribution in [2.24, 2.45) is 0 Å². The molecule has 0 bridgehead atoms. The molecule has 0 aliphatic heterocycles. The smallest absolute Gasteiger partial charge is 0.261 e. The number of nitrogens with one attached hydrogen (secondary N) is 2. The summed E-state index contributed by atoms with van der Waals surface area (Å²) in [7, 11) is 0. The van der Waals surface area contributed by atoms with Crippen molar-refractivity contribution >= 4 is 28.3 Å². The van der Waals surface area contributed by atoms with Gasteiger partial charge in [0.2, 0.25) is 0 Å². The molecule has 5 nitrogen and oxygen atoms in total. The number of amides is 1. The average Bonchev–Trinajstić information content (AvgIpc) is 3.38. The molecule has 28 heavy (non-hydrogen) atoms. The van der Waals surface area contributed by atoms with Gasteiger partial charge in [0, 0.05) is 17.8 Å². The van der Waals surface area contributed by atoms with Crippen LogP contribution in [0.15, 0.2) is 66.3 Å². The lowest BCUT2D eigenvalue weighted by Crippen LogP contribution is -2.39. The summed E-state index contributed by atoms with van der Waals surface area (Å²) < 4.78 is 0. The van der Waals surface area contributed by atoms with Crippen molar-refractivity contribution in [1.82, 2.24) is 15.3 Å². The van der Waals surface area contributed by atoms with Crippen LogP contribution in [0.2, 0.25) is 0 Å². The number of thiophene rings is 1. The third-order valence-electron chi connectivity index (χ3n) is 4.76. The van der Waals surface area contributed by atoms with Crippen LogP contribution in [0, 0.1) is 0 Å². The number of rotatable bonds is 7. The summed E-state index contributed by atoms with van der Waals surface area (Å²) in [5.41, 5.74) is 4.04. The van der Waals surface area contributed by atoms with Crippen LogP contribution in [0.4, 0.5) is 0 Å². The number of fused-ring (bicyclic) bond motifs is 1. The number of carbonyl (C=O) groups excluding carboxylic acids is 1. The van der Waals surface area contributed by atoms with Gasteiger partial charge >= 0.3 is 0 Å². The SMILES string of the molecule is O=C(N[C@@H](CO)Cc1ccccc1)c1sccc1Cc1ccnc2[nH]ccc12. The van der Waals surface area contributed by atoms with Crippen molar-refractivity contribution in [1.29, 1.82) is 0 Å². The lowest BCUT2D eigenvalue weighted by atomic mass is 10.0. The van der Waals surface area contributed by atoms with Gasteiger partial charge in [0.05, 0.1) is 17.5 Å². The van der Waals surface area contributed by atoms with Gasteiger partial charge in [0.15, 0.2) is 0 Å². The van der Waals surface area contributed by atoms with Gasteiger partial charge < -0.3 is 15.4 Å². The van der Waals surface area contributed by atoms with Gasteiger partial charge in [-0.1, -0.05) is 30.3 Å². The molecule has 0 saturated heterocycles. The number of pyridine rings is 1. The minimum absolute atomic E-state index is 0.102. The zero-order valence-electron chi connectivity index (χ0n) is 15.3. The van der Waals surface area contributed by atoms with Crippen molar-refractivity contribution in [2.45, 2.75) is 18.9 Å². The number of aromatic amines is 1. The highest BCUT2D eigenvalue weighted by Crippen LogP contribution is 2.24. The predicted molar refractivity (Wildman–Crippen MR) is 112 cm³/mol. The van der Waals surface area contributed by atoms with Crippen molar-refractivity contribution in [3.63, 3.8) is 0 Å². The molecule has 0 radical (unpaired) electrons. The molecule has 1 aromatic carbocycles. The highest BCUT2D eigenvalue weighted by Gasteiger charge is 2.18. The van der Waals surface area contributed by atoms with E-state index < -0.39 is 0 Å². The standard InChI is InChI=1S/C22H21N3O2S/c26-14-18(12-15-4-2-1-3-5-15)25-22(27)20-17(8-11-28-20)13-16-6-9-23-21-19(16)7-10-24-21/h1-11,18,26H,12-14H2,(H,23,24)(H,25,27)/t18-/m1/s1. The Morgan fingerprint density at radius 2 is 2.00 bits per heavy atom. The number of H-pyrrole nitrogens is 1. The molecule has 4 rings (SSSR count). The zero-order valence-corrected chi connectivity index (χ0v) is 16.1. The van der Waals surface area contributed by atoms with E-state index in [9.17, 15) is 9.90 Å². The first kappa shape index (κ1) is 18.4. The van der Waals surface area contributed by atoms with Crippen LogP contribution in [0.3, 0.4) is 0 Å². The topological polar surface area (TPSA) is 78.0 Å². The van der Waals surface area contributed by atoms with Crippen LogP contribution in [0.5, 0.6) is 0 Å². The number of carbonyl (C=O) groups is 1. The molecule has 0 unspecified atom stereocenters. The Labute approximate surface area is 167 Å². The van der Waals surface area contributed by atoms with Crippen LogP contribution in [0.1, 0.15) is 26.4 Å². The first-order valence-electron chi connectivity index (χ1n) is 9.17. The van der Waals surface area contributed by atoms with E-state index in [0.29, 0.717) is 17.7 Å². The molecule has 3 heterocycles. The maximum Gasteiger partial charge on any atom is 0.261 e. The fourth-order valence-corrected chi connectivity index (χ4v) is 4.19. The van der Waals surface area contributed by atoms with Crippen LogP contribution in [0.25, 0.3) is 11.0 Å². The highest BCUT2D eigenvalue weighted by molar-refractivity contribution is 7.12. The summed E-state index contributed by atoms with van der Waals surface area (Å²) in [5, 5.41) is 15.7. The fraction of sp³-hybridized carbons (Fsp3) is 0.182. The van der Waals surface area contributed by atoms with Gasteiger partial charge in [-0.15, -0.1) is 11.3 Å². The molecule has 4 aromatic rings. The molecule has 1 amide bonds. The zero-order chi connectivity index (χ0) is 19.3. The second-order valence-corrected chi connectivity index (χ2v) is 7.62. The van der Waals surface area contributed by atoms with Crippen molar-refractivity contribution in [2.75, 3.05) is 6.61 Å². The largest absolute Gasteiger partial charge is 0.394 e. The third-order valence-corrected chi connectivity index (χ3v) is 5.72. The second kappa shape index (κ2) is 8.37. The minimum Gasteiger partial charge on any atom is -0.394 e. The fourth-order valence-electron chi connectivity index (χ4n) is 3.36. The summed E-state index contributed by atoms with van der Waals surface area (Å²) in [4.78, 5) is 21.0. The van der Waals surface area contributed by atoms with E-state index in [-0.39, 0.29) is 18.6 Å². The van der Waals surface area contributed by atoms with Crippen LogP contribution < -0.4 is 5.32 Å². The number of hydrogen-bond donors (Lipinski definition) is 3. The number of aliphatic hydroxyl groups is 1. The summed E-state index contributed by atoms with van der Waals surface area (Å²) in [6.07, 6.45) is 4.91. The van der Waals surface area contributed by atoms with E-state index >= 15 is 0 Å². The van der Waals surface area contributed by atoms with Crippen molar-refractivity contribution < 1.29 is 9.90 Å². The lowest BCUT2D eigenvalue weighted by molar-refractivity contribution is 0.0920. The molecule has 0 aliphatic carbocycles. The van der Waals surface area contributed by atoms with Crippen LogP contribution in [-0.2, 0) is 12.8 Å². The molecule has 3 N–H and O–H groups in total. The molecule has 0 saturated carbocycles. The molecule has 0 fully saturated rings. The number of benzene rings is 1. The molecule has 3 aromatic heterocycles. The van der Waals surface area contributed by atoms with Gasteiger partial charge in [-0.2, -0.15) is 0 Å². The van der Waals surface area contributed by atoms with Gasteiger partial charge in [-0.05, 0) is 53.1 Å². The summed E-state index contributed by atoms with van der Waals surface area (Å²) in [6.45, 7) is -0.102. The van der Waals surface area contributed by atoms with Gasteiger partial charge in [0.1, 0.15) is 5.65 Å². The quantitative estimate of drug-likeness (QED) is 0.451. The molecule has 142 valence electrons. The monoisotopic (exact) mass is 391 g/mol. The van der Waals surface area contributed by atoms with E-state index in [4.69, 9.17) is 0 Å². The lowest BCUT2D eigenvalue weighted by Gasteiger charge is -2.16. The third kappa shape index (κ3) is 3.98. The van der Waals surface area contributed by atoms with Gasteiger partial charge in [-0.25, -0.2) is 4.98 Å². The maximum atomic E-state index is 12.9. The summed E-state index contributed by atoms with van der Waals surface area (Å²) in [6, 6.07) is 15.5. The predicted octanol–water partition coefficient (Wildman–Crippen LogP) is 3.55. The number of nitrogens with zero attached hydrogens (tertiary/aromatic N) is 1. The van der Waals surface area contributed by atoms with Crippen molar-refractivity contribution in [3.8, 4) is 0 Å². The number of aliphatic hydroxyl groups excluding tert-OH is 1. The Bertz CT molecular complexity index is 1070. The summed E-state index contributed by atoms with van der Waals surface area (Å²) >= 11 is 1.43. The molecule has 1 atom stereocenters. The minimum atomic E-state index is -0.317. The maximum absolute atomic E-state index is 12.9. The second-order valence-electron chi connectivity index (χ2n) is 6.70. The Morgan fingerprint density at radius 3 is 2.82 bits per heavy atom. The normalized spacial score (nSPS) is 12.2. The van der Waals surface area contributed by atoms with Gasteiger partial charge in [-0.3, -0.25) is 4.79 Å². The Morgan fingerprint density at radius 1 is 1.14 bits per heavy atom. The molecular weight excluding hydrogens is 370 g/mol. The molecule has 6 heteroatoms. The van der Waals surface area contributed by atoms with Crippen LogP contribution >= 0.6 is 11.3 Å².